The molecule has 0 aromatic carbocycles. The van der Waals surface area contributed by atoms with Crippen LogP contribution in [0.3, 0.4) is 0 Å². The molecule has 7 nitrogen and oxygen atoms in total. The third kappa shape index (κ3) is 2.91. The van der Waals surface area contributed by atoms with Gasteiger partial charge in [-0.3, -0.25) is 9.59 Å². The highest BCUT2D eigenvalue weighted by atomic mass is 16.4. The van der Waals surface area contributed by atoms with Crippen molar-refractivity contribution in [3.05, 3.63) is 23.7 Å². The summed E-state index contributed by atoms with van der Waals surface area (Å²) in [7, 11) is 1.53. The van der Waals surface area contributed by atoms with Crippen molar-refractivity contribution in [3.63, 3.8) is 0 Å². The number of hydrogen-bond donors (Lipinski definition) is 2. The standard InChI is InChI=1S/C14H18N2O5/c1-8-6-21-7-10(8)13(18)16-5-9(12(17)15-2)3-4-11(16)14(19)20/h6-7,9,11H,3-5H2,1-2H3,(H,15,17)(H,19,20)/t9-,11-/m0/s1. The van der Waals surface area contributed by atoms with E-state index in [1.54, 1.807) is 6.92 Å². The Hall–Kier alpha value is -2.31. The summed E-state index contributed by atoms with van der Waals surface area (Å²) < 4.78 is 4.97. The minimum absolute atomic E-state index is 0.0973. The number of carboxylic acid groups (broad SMARTS) is 1. The molecule has 2 amide bonds. The number of furan rings is 1. The fourth-order valence-corrected chi connectivity index (χ4v) is 2.60. The molecule has 1 aromatic heterocycles. The normalized spacial score (nSPS) is 21.9. The highest BCUT2D eigenvalue weighted by Gasteiger charge is 2.39. The molecule has 1 aliphatic heterocycles. The number of likely N-dealkylation sites (tertiary alicyclic amines) is 1. The second-order valence-electron chi connectivity index (χ2n) is 5.17. The molecule has 0 unspecified atom stereocenters. The van der Waals surface area contributed by atoms with Gasteiger partial charge >= 0.3 is 5.97 Å². The van der Waals surface area contributed by atoms with Gasteiger partial charge in [0.15, 0.2) is 0 Å². The maximum atomic E-state index is 12.5. The molecule has 2 heterocycles. The van der Waals surface area contributed by atoms with Gasteiger partial charge in [-0.2, -0.15) is 0 Å². The van der Waals surface area contributed by atoms with Crippen LogP contribution in [-0.2, 0) is 9.59 Å². The molecule has 0 aliphatic carbocycles. The molecule has 1 aromatic rings. The van der Waals surface area contributed by atoms with Gasteiger partial charge in [-0.25, -0.2) is 4.79 Å². The number of nitrogens with zero attached hydrogens (tertiary/aromatic N) is 1. The third-order valence-corrected chi connectivity index (χ3v) is 3.83. The molecule has 0 bridgehead atoms. The average Bonchev–Trinajstić information content (AvgIpc) is 2.91. The number of hydrogen-bond acceptors (Lipinski definition) is 4. The summed E-state index contributed by atoms with van der Waals surface area (Å²) in [5.41, 5.74) is 0.977. The van der Waals surface area contributed by atoms with E-state index in [1.807, 2.05) is 0 Å². The van der Waals surface area contributed by atoms with E-state index in [9.17, 15) is 19.5 Å². The number of aryl methyl sites for hydroxylation is 1. The predicted octanol–water partition coefficient (Wildman–Crippen LogP) is 0.639. The van der Waals surface area contributed by atoms with Gasteiger partial charge in [0.25, 0.3) is 5.91 Å². The maximum absolute atomic E-state index is 12.5. The summed E-state index contributed by atoms with van der Waals surface area (Å²) in [5.74, 6) is -2.04. The Balaban J connectivity index is 2.26. The molecule has 0 radical (unpaired) electrons. The smallest absolute Gasteiger partial charge is 0.326 e. The maximum Gasteiger partial charge on any atom is 0.326 e. The first-order valence-electron chi connectivity index (χ1n) is 6.73. The summed E-state index contributed by atoms with van der Waals surface area (Å²) >= 11 is 0. The number of rotatable bonds is 3. The molecular formula is C14H18N2O5. The number of piperidine rings is 1. The van der Waals surface area contributed by atoms with Crippen molar-refractivity contribution < 1.29 is 23.9 Å². The zero-order valence-corrected chi connectivity index (χ0v) is 12.0. The molecule has 0 saturated carbocycles. The first-order valence-corrected chi connectivity index (χ1v) is 6.73. The lowest BCUT2D eigenvalue weighted by Gasteiger charge is -2.36. The lowest BCUT2D eigenvalue weighted by Crippen LogP contribution is -2.53. The SMILES string of the molecule is CNC(=O)[C@H]1CC[C@@H](C(=O)O)N(C(=O)c2cocc2C)C1. The molecule has 2 atom stereocenters. The van der Waals surface area contributed by atoms with Crippen molar-refractivity contribution in [2.24, 2.45) is 5.92 Å². The first kappa shape index (κ1) is 15.1. The zero-order chi connectivity index (χ0) is 15.6. The van der Waals surface area contributed by atoms with Crippen LogP contribution in [0.5, 0.6) is 0 Å². The second kappa shape index (κ2) is 5.99. The molecule has 0 spiro atoms. The summed E-state index contributed by atoms with van der Waals surface area (Å²) in [6.45, 7) is 1.81. The van der Waals surface area contributed by atoms with E-state index in [1.165, 1.54) is 24.5 Å². The zero-order valence-electron chi connectivity index (χ0n) is 12.0. The number of amides is 2. The lowest BCUT2D eigenvalue weighted by atomic mass is 9.91. The van der Waals surface area contributed by atoms with E-state index in [0.29, 0.717) is 17.5 Å². The van der Waals surface area contributed by atoms with Gasteiger partial charge in [0, 0.05) is 13.6 Å². The molecule has 7 heteroatoms. The fraction of sp³-hybridized carbons (Fsp3) is 0.500. The van der Waals surface area contributed by atoms with E-state index in [0.717, 1.165) is 0 Å². The van der Waals surface area contributed by atoms with Crippen molar-refractivity contribution in [2.45, 2.75) is 25.8 Å². The monoisotopic (exact) mass is 294 g/mol. The van der Waals surface area contributed by atoms with Crippen LogP contribution in [-0.4, -0.2) is 47.4 Å². The number of carboxylic acids is 1. The van der Waals surface area contributed by atoms with E-state index in [-0.39, 0.29) is 24.8 Å². The van der Waals surface area contributed by atoms with E-state index < -0.39 is 17.9 Å². The van der Waals surface area contributed by atoms with Crippen molar-refractivity contribution in [1.29, 1.82) is 0 Å². The van der Waals surface area contributed by atoms with Gasteiger partial charge in [0.05, 0.1) is 17.7 Å². The molecule has 1 aliphatic rings. The Kier molecular flexibility index (Phi) is 4.30. The summed E-state index contributed by atoms with van der Waals surface area (Å²) in [5, 5.41) is 11.8. The van der Waals surface area contributed by atoms with E-state index in [4.69, 9.17) is 4.42 Å². The van der Waals surface area contributed by atoms with Gasteiger partial charge in [0.2, 0.25) is 5.91 Å². The van der Waals surface area contributed by atoms with Crippen LogP contribution in [0, 0.1) is 12.8 Å². The second-order valence-corrected chi connectivity index (χ2v) is 5.17. The van der Waals surface area contributed by atoms with Gasteiger partial charge in [0.1, 0.15) is 12.3 Å². The van der Waals surface area contributed by atoms with Crippen molar-refractivity contribution in [3.8, 4) is 0 Å². The van der Waals surface area contributed by atoms with Gasteiger partial charge in [-0.15, -0.1) is 0 Å². The molecule has 1 saturated heterocycles. The van der Waals surface area contributed by atoms with E-state index in [2.05, 4.69) is 5.32 Å². The summed E-state index contributed by atoms with van der Waals surface area (Å²) in [6, 6.07) is -0.910. The molecular weight excluding hydrogens is 276 g/mol. The van der Waals surface area contributed by atoms with E-state index >= 15 is 0 Å². The molecule has 2 N–H and O–H groups in total. The van der Waals surface area contributed by atoms with Crippen LogP contribution in [0.2, 0.25) is 0 Å². The molecule has 2 rings (SSSR count). The van der Waals surface area contributed by atoms with Crippen LogP contribution in [0.25, 0.3) is 0 Å². The topological polar surface area (TPSA) is 99.9 Å². The summed E-state index contributed by atoms with van der Waals surface area (Å²) in [4.78, 5) is 36.9. The molecule has 21 heavy (non-hydrogen) atoms. The van der Waals surface area contributed by atoms with Crippen molar-refractivity contribution in [1.82, 2.24) is 10.2 Å². The minimum atomic E-state index is -1.06. The van der Waals surface area contributed by atoms with Gasteiger partial charge in [-0.1, -0.05) is 0 Å². The largest absolute Gasteiger partial charge is 0.480 e. The Morgan fingerprint density at radius 2 is 2.05 bits per heavy atom. The van der Waals surface area contributed by atoms with Crippen LogP contribution in [0.15, 0.2) is 16.9 Å². The highest BCUT2D eigenvalue weighted by molar-refractivity contribution is 5.98. The fourth-order valence-electron chi connectivity index (χ4n) is 2.60. The molecule has 1 fully saturated rings. The average molecular weight is 294 g/mol. The van der Waals surface area contributed by atoms with Crippen LogP contribution >= 0.6 is 0 Å². The third-order valence-electron chi connectivity index (χ3n) is 3.83. The lowest BCUT2D eigenvalue weighted by molar-refractivity contribution is -0.145. The van der Waals surface area contributed by atoms with Crippen molar-refractivity contribution >= 4 is 17.8 Å². The van der Waals surface area contributed by atoms with Crippen LogP contribution in [0.1, 0.15) is 28.8 Å². The number of aliphatic carboxylic acids is 1. The summed E-state index contributed by atoms with van der Waals surface area (Å²) in [6.07, 6.45) is 3.45. The number of nitrogens with one attached hydrogen (secondary N) is 1. The Morgan fingerprint density at radius 1 is 1.33 bits per heavy atom. The highest BCUT2D eigenvalue weighted by Crippen LogP contribution is 2.25. The minimum Gasteiger partial charge on any atom is -0.480 e. The predicted molar refractivity (Wildman–Crippen MR) is 72.7 cm³/mol. The van der Waals surface area contributed by atoms with Crippen molar-refractivity contribution in [2.75, 3.05) is 13.6 Å². The quantitative estimate of drug-likeness (QED) is 0.852. The van der Waals surface area contributed by atoms with Gasteiger partial charge in [-0.05, 0) is 25.3 Å². The number of carbonyl (C=O) groups is 3. The van der Waals surface area contributed by atoms with Gasteiger partial charge < -0.3 is 19.7 Å². The Bertz CT molecular complexity index is 565. The first-order chi connectivity index (χ1) is 9.95. The number of carbonyl (C=O) groups excluding carboxylic acids is 2. The molecule has 114 valence electrons. The Labute approximate surface area is 121 Å². The van der Waals surface area contributed by atoms with Crippen LogP contribution in [0.4, 0.5) is 0 Å². The van der Waals surface area contributed by atoms with Crippen LogP contribution < -0.4 is 5.32 Å². The Morgan fingerprint density at radius 3 is 2.57 bits per heavy atom.